The molecule has 2 amide bonds. The third kappa shape index (κ3) is 3.61. The molecule has 1 aromatic heterocycles. The van der Waals surface area contributed by atoms with Gasteiger partial charge < -0.3 is 15.3 Å². The van der Waals surface area contributed by atoms with Crippen molar-refractivity contribution in [1.29, 1.82) is 0 Å². The largest absolute Gasteiger partial charge is 0.478 e. The van der Waals surface area contributed by atoms with E-state index in [1.807, 2.05) is 5.43 Å². The SMILES string of the molecule is NC(=O)N/N=C/c1ccc(-c2ccc(C(=O)O)c(Cl)c2)o1. The number of primary amides is 1. The fourth-order valence-electron chi connectivity index (χ4n) is 1.58. The molecular weight excluding hydrogens is 298 g/mol. The van der Waals surface area contributed by atoms with Gasteiger partial charge in [-0.3, -0.25) is 0 Å². The first-order valence-electron chi connectivity index (χ1n) is 5.69. The first-order chi connectivity index (χ1) is 9.97. The van der Waals surface area contributed by atoms with Crippen LogP contribution in [0.4, 0.5) is 4.79 Å². The molecule has 0 atom stereocenters. The van der Waals surface area contributed by atoms with Crippen LogP contribution in [0.25, 0.3) is 11.3 Å². The minimum atomic E-state index is -1.10. The summed E-state index contributed by atoms with van der Waals surface area (Å²) in [7, 11) is 0. The van der Waals surface area contributed by atoms with Crippen LogP contribution in [0.1, 0.15) is 16.1 Å². The molecule has 0 aliphatic heterocycles. The number of furan rings is 1. The highest BCUT2D eigenvalue weighted by Gasteiger charge is 2.11. The molecule has 0 spiro atoms. The molecule has 1 heterocycles. The summed E-state index contributed by atoms with van der Waals surface area (Å²) < 4.78 is 5.46. The van der Waals surface area contributed by atoms with E-state index in [-0.39, 0.29) is 10.6 Å². The maximum Gasteiger partial charge on any atom is 0.337 e. The quantitative estimate of drug-likeness (QED) is 0.593. The lowest BCUT2D eigenvalue weighted by Gasteiger charge is -2.01. The Morgan fingerprint density at radius 2 is 2.10 bits per heavy atom. The van der Waals surface area contributed by atoms with Crippen LogP contribution >= 0.6 is 11.6 Å². The zero-order valence-corrected chi connectivity index (χ0v) is 11.3. The molecule has 2 aromatic rings. The second kappa shape index (κ2) is 6.10. The molecule has 0 aliphatic carbocycles. The van der Waals surface area contributed by atoms with Gasteiger partial charge in [-0.2, -0.15) is 5.10 Å². The highest BCUT2D eigenvalue weighted by molar-refractivity contribution is 6.33. The highest BCUT2D eigenvalue weighted by Crippen LogP contribution is 2.27. The van der Waals surface area contributed by atoms with Crippen molar-refractivity contribution >= 4 is 29.8 Å². The lowest BCUT2D eigenvalue weighted by atomic mass is 10.1. The van der Waals surface area contributed by atoms with E-state index in [0.717, 1.165) is 0 Å². The maximum atomic E-state index is 10.9. The van der Waals surface area contributed by atoms with Crippen LogP contribution in [0.15, 0.2) is 39.9 Å². The van der Waals surface area contributed by atoms with E-state index in [1.54, 1.807) is 18.2 Å². The Labute approximate surface area is 124 Å². The van der Waals surface area contributed by atoms with Gasteiger partial charge in [-0.15, -0.1) is 0 Å². The van der Waals surface area contributed by atoms with Gasteiger partial charge >= 0.3 is 12.0 Å². The van der Waals surface area contributed by atoms with Crippen molar-refractivity contribution in [2.45, 2.75) is 0 Å². The second-order valence-corrected chi connectivity index (χ2v) is 4.34. The van der Waals surface area contributed by atoms with E-state index < -0.39 is 12.0 Å². The van der Waals surface area contributed by atoms with Crippen LogP contribution in [-0.2, 0) is 0 Å². The van der Waals surface area contributed by atoms with Gasteiger partial charge in [-0.1, -0.05) is 17.7 Å². The number of hydrogen-bond donors (Lipinski definition) is 3. The molecule has 1 aromatic carbocycles. The smallest absolute Gasteiger partial charge is 0.337 e. The number of urea groups is 1. The van der Waals surface area contributed by atoms with E-state index >= 15 is 0 Å². The molecule has 0 saturated heterocycles. The van der Waals surface area contributed by atoms with E-state index in [0.29, 0.717) is 17.1 Å². The summed E-state index contributed by atoms with van der Waals surface area (Å²) in [5.41, 5.74) is 7.52. The van der Waals surface area contributed by atoms with Gasteiger partial charge in [0.15, 0.2) is 0 Å². The number of halogens is 1. The summed E-state index contributed by atoms with van der Waals surface area (Å²) in [5, 5.41) is 12.6. The molecule has 21 heavy (non-hydrogen) atoms. The van der Waals surface area contributed by atoms with Gasteiger partial charge in [0.1, 0.15) is 11.5 Å². The molecule has 0 unspecified atom stereocenters. The van der Waals surface area contributed by atoms with Crippen LogP contribution < -0.4 is 11.2 Å². The molecule has 7 nitrogen and oxygen atoms in total. The number of nitrogens with zero attached hydrogens (tertiary/aromatic N) is 1. The Morgan fingerprint density at radius 1 is 1.33 bits per heavy atom. The standard InChI is InChI=1S/C13H10ClN3O4/c14-10-5-7(1-3-9(10)12(18)19)11-4-2-8(21-11)6-16-17-13(15)20/h1-6H,(H,18,19)(H3,15,17,20)/b16-6+. The summed E-state index contributed by atoms with van der Waals surface area (Å²) >= 11 is 5.89. The van der Waals surface area contributed by atoms with Gasteiger partial charge in [0.25, 0.3) is 0 Å². The Hall–Kier alpha value is -2.80. The number of nitrogens with two attached hydrogens (primary N) is 1. The van der Waals surface area contributed by atoms with Crippen molar-refractivity contribution < 1.29 is 19.1 Å². The van der Waals surface area contributed by atoms with Crippen LogP contribution in [0.5, 0.6) is 0 Å². The van der Waals surface area contributed by atoms with Crippen molar-refractivity contribution in [3.05, 3.63) is 46.7 Å². The molecule has 0 radical (unpaired) electrons. The summed E-state index contributed by atoms with van der Waals surface area (Å²) in [5.74, 6) is -0.233. The van der Waals surface area contributed by atoms with E-state index in [1.165, 1.54) is 18.3 Å². The number of amides is 2. The van der Waals surface area contributed by atoms with Crippen LogP contribution in [-0.4, -0.2) is 23.3 Å². The van der Waals surface area contributed by atoms with Gasteiger partial charge in [-0.25, -0.2) is 15.0 Å². The van der Waals surface area contributed by atoms with Gasteiger partial charge in [-0.05, 0) is 24.3 Å². The average molecular weight is 308 g/mol. The predicted molar refractivity (Wildman–Crippen MR) is 76.4 cm³/mol. The molecule has 0 saturated carbocycles. The number of carbonyl (C=O) groups is 2. The Bertz CT molecular complexity index is 724. The minimum Gasteiger partial charge on any atom is -0.478 e. The number of hydrogen-bond acceptors (Lipinski definition) is 4. The second-order valence-electron chi connectivity index (χ2n) is 3.94. The zero-order chi connectivity index (χ0) is 15.4. The van der Waals surface area contributed by atoms with Crippen LogP contribution in [0.3, 0.4) is 0 Å². The monoisotopic (exact) mass is 307 g/mol. The van der Waals surface area contributed by atoms with Crippen molar-refractivity contribution in [3.63, 3.8) is 0 Å². The van der Waals surface area contributed by atoms with E-state index in [4.69, 9.17) is 26.9 Å². The lowest BCUT2D eigenvalue weighted by molar-refractivity contribution is 0.0697. The number of carbonyl (C=O) groups excluding carboxylic acids is 1. The normalized spacial score (nSPS) is 10.7. The first-order valence-corrected chi connectivity index (χ1v) is 6.06. The van der Waals surface area contributed by atoms with E-state index in [2.05, 4.69) is 5.10 Å². The molecule has 0 fully saturated rings. The van der Waals surface area contributed by atoms with Crippen molar-refractivity contribution in [2.24, 2.45) is 10.8 Å². The number of hydrazone groups is 1. The van der Waals surface area contributed by atoms with Crippen molar-refractivity contribution in [1.82, 2.24) is 5.43 Å². The van der Waals surface area contributed by atoms with E-state index in [9.17, 15) is 9.59 Å². The number of nitrogens with one attached hydrogen (secondary N) is 1. The fourth-order valence-corrected chi connectivity index (χ4v) is 1.84. The summed E-state index contributed by atoms with van der Waals surface area (Å²) in [4.78, 5) is 21.3. The number of rotatable bonds is 4. The topological polar surface area (TPSA) is 118 Å². The Kier molecular flexibility index (Phi) is 4.24. The summed E-state index contributed by atoms with van der Waals surface area (Å²) in [6.07, 6.45) is 1.28. The number of carboxylic acid groups (broad SMARTS) is 1. The lowest BCUT2D eigenvalue weighted by Crippen LogP contribution is -2.24. The summed E-state index contributed by atoms with van der Waals surface area (Å²) in [6, 6.07) is 6.97. The first kappa shape index (κ1) is 14.6. The van der Waals surface area contributed by atoms with Gasteiger partial charge in [0.05, 0.1) is 16.8 Å². The van der Waals surface area contributed by atoms with Crippen LogP contribution in [0.2, 0.25) is 5.02 Å². The van der Waals surface area contributed by atoms with Crippen molar-refractivity contribution in [3.8, 4) is 11.3 Å². The fraction of sp³-hybridized carbons (Fsp3) is 0. The molecular formula is C13H10ClN3O4. The highest BCUT2D eigenvalue weighted by atomic mass is 35.5. The predicted octanol–water partition coefficient (Wildman–Crippen LogP) is 2.30. The summed E-state index contributed by atoms with van der Waals surface area (Å²) in [6.45, 7) is 0. The molecule has 0 bridgehead atoms. The molecule has 4 N–H and O–H groups in total. The Morgan fingerprint density at radius 3 is 2.71 bits per heavy atom. The number of benzene rings is 1. The molecule has 108 valence electrons. The third-order valence-corrected chi connectivity index (χ3v) is 2.79. The van der Waals surface area contributed by atoms with Crippen LogP contribution in [0, 0.1) is 0 Å². The molecule has 8 heteroatoms. The molecule has 2 rings (SSSR count). The average Bonchev–Trinajstić information content (AvgIpc) is 2.86. The zero-order valence-electron chi connectivity index (χ0n) is 10.5. The van der Waals surface area contributed by atoms with Gasteiger partial charge in [0.2, 0.25) is 0 Å². The van der Waals surface area contributed by atoms with Crippen molar-refractivity contribution in [2.75, 3.05) is 0 Å². The number of carboxylic acids is 1. The third-order valence-electron chi connectivity index (χ3n) is 2.48. The molecule has 0 aliphatic rings. The Balaban J connectivity index is 2.21. The van der Waals surface area contributed by atoms with Gasteiger partial charge in [0, 0.05) is 5.56 Å². The minimum absolute atomic E-state index is 0.0133. The maximum absolute atomic E-state index is 10.9. The number of aromatic carboxylic acids is 1.